The molecule has 8 heteroatoms. The van der Waals surface area contributed by atoms with Crippen LogP contribution in [-0.2, 0) is 6.54 Å². The second kappa shape index (κ2) is 7.56. The van der Waals surface area contributed by atoms with Gasteiger partial charge in [-0.15, -0.1) is 0 Å². The second-order valence-electron chi connectivity index (χ2n) is 5.65. The van der Waals surface area contributed by atoms with E-state index < -0.39 is 23.4 Å². The third-order valence-corrected chi connectivity index (χ3v) is 3.57. The van der Waals surface area contributed by atoms with Crippen molar-refractivity contribution in [2.24, 2.45) is 0 Å². The Morgan fingerprint density at radius 3 is 2.65 bits per heavy atom. The molecule has 7 nitrogen and oxygen atoms in total. The Labute approximate surface area is 148 Å². The van der Waals surface area contributed by atoms with E-state index in [-0.39, 0.29) is 6.54 Å². The minimum atomic E-state index is -0.812. The predicted molar refractivity (Wildman–Crippen MR) is 95.6 cm³/mol. The Kier molecular flexibility index (Phi) is 5.02. The number of carbonyl (C=O) groups is 1. The van der Waals surface area contributed by atoms with Gasteiger partial charge in [0.2, 0.25) is 0 Å². The van der Waals surface area contributed by atoms with Gasteiger partial charge in [-0.3, -0.25) is 14.9 Å². The average molecular weight is 353 g/mol. The molecule has 0 aliphatic heterocycles. The lowest BCUT2D eigenvalue weighted by Crippen LogP contribution is -2.28. The number of urea groups is 1. The van der Waals surface area contributed by atoms with Gasteiger partial charge in [-0.2, -0.15) is 4.98 Å². The van der Waals surface area contributed by atoms with Crippen LogP contribution in [0.1, 0.15) is 11.1 Å². The third-order valence-electron chi connectivity index (χ3n) is 3.57. The highest BCUT2D eigenvalue weighted by molar-refractivity contribution is 5.99. The zero-order valence-corrected chi connectivity index (χ0v) is 13.9. The number of hydrogen-bond acceptors (Lipinski definition) is 4. The molecule has 132 valence electrons. The molecule has 2 N–H and O–H groups in total. The number of rotatable bonds is 4. The van der Waals surface area contributed by atoms with Gasteiger partial charge in [-0.05, 0) is 30.7 Å². The maximum Gasteiger partial charge on any atom is 0.350 e. The number of benzene rings is 1. The van der Waals surface area contributed by atoms with Gasteiger partial charge >= 0.3 is 11.7 Å². The van der Waals surface area contributed by atoms with Gasteiger partial charge in [-0.25, -0.2) is 14.0 Å². The van der Waals surface area contributed by atoms with E-state index in [9.17, 15) is 14.0 Å². The molecule has 0 fully saturated rings. The quantitative estimate of drug-likeness (QED) is 0.755. The molecule has 3 aromatic rings. The normalized spacial score (nSPS) is 10.4. The summed E-state index contributed by atoms with van der Waals surface area (Å²) in [5.74, 6) is -1.24. The summed E-state index contributed by atoms with van der Waals surface area (Å²) >= 11 is 0. The van der Waals surface area contributed by atoms with E-state index in [2.05, 4.69) is 20.6 Å². The van der Waals surface area contributed by atoms with Crippen LogP contribution >= 0.6 is 0 Å². The van der Waals surface area contributed by atoms with Crippen molar-refractivity contribution in [3.63, 3.8) is 0 Å². The van der Waals surface area contributed by atoms with Crippen LogP contribution < -0.4 is 16.3 Å². The smallest absolute Gasteiger partial charge is 0.308 e. The molecule has 0 aliphatic rings. The first-order valence-electron chi connectivity index (χ1n) is 7.82. The van der Waals surface area contributed by atoms with Gasteiger partial charge in [0.05, 0.1) is 6.54 Å². The van der Waals surface area contributed by atoms with E-state index in [1.54, 1.807) is 36.7 Å². The third kappa shape index (κ3) is 4.29. The fourth-order valence-electron chi connectivity index (χ4n) is 2.26. The highest BCUT2D eigenvalue weighted by Crippen LogP contribution is 2.11. The number of aryl methyl sites for hydroxylation is 1. The van der Waals surface area contributed by atoms with Gasteiger partial charge in [0.15, 0.2) is 11.6 Å². The lowest BCUT2D eigenvalue weighted by Gasteiger charge is -2.10. The maximum absolute atomic E-state index is 14.2. The maximum atomic E-state index is 14.2. The molecule has 0 atom stereocenters. The summed E-state index contributed by atoms with van der Waals surface area (Å²) in [5.41, 5.74) is 1.63. The number of nitrogens with one attached hydrogen (secondary N) is 2. The van der Waals surface area contributed by atoms with Crippen LogP contribution in [0.4, 0.5) is 20.7 Å². The molecule has 0 saturated heterocycles. The molecule has 3 rings (SSSR count). The first-order chi connectivity index (χ1) is 12.5. The van der Waals surface area contributed by atoms with Crippen LogP contribution in [-0.4, -0.2) is 20.6 Å². The van der Waals surface area contributed by atoms with Crippen LogP contribution in [0.2, 0.25) is 0 Å². The van der Waals surface area contributed by atoms with Crippen LogP contribution in [0, 0.1) is 12.7 Å². The van der Waals surface area contributed by atoms with Crippen LogP contribution in [0.5, 0.6) is 0 Å². The molecule has 2 heterocycles. The van der Waals surface area contributed by atoms with E-state index in [1.807, 2.05) is 19.1 Å². The van der Waals surface area contributed by atoms with Crippen molar-refractivity contribution in [1.82, 2.24) is 14.5 Å². The standard InChI is InChI=1S/C18H16FN5O2/c1-12-4-6-14(7-5-12)21-17(25)22-16-15(19)11-24(18(26)23-16)10-13-3-2-8-20-9-13/h2-9,11H,10H2,1H3,(H2,21,22,23,25,26). The van der Waals surface area contributed by atoms with Crippen LogP contribution in [0.25, 0.3) is 0 Å². The summed E-state index contributed by atoms with van der Waals surface area (Å²) in [6.45, 7) is 2.05. The SMILES string of the molecule is Cc1ccc(NC(=O)Nc2nc(=O)n(Cc3cccnc3)cc2F)cc1. The lowest BCUT2D eigenvalue weighted by atomic mass is 10.2. The summed E-state index contributed by atoms with van der Waals surface area (Å²) in [6.07, 6.45) is 4.18. The fraction of sp³-hybridized carbons (Fsp3) is 0.111. The Hall–Kier alpha value is -3.55. The highest BCUT2D eigenvalue weighted by Gasteiger charge is 2.12. The van der Waals surface area contributed by atoms with Crippen LogP contribution in [0.15, 0.2) is 59.8 Å². The molecule has 2 aromatic heterocycles. The zero-order valence-electron chi connectivity index (χ0n) is 13.9. The summed E-state index contributed by atoms with van der Waals surface area (Å²) in [6, 6.07) is 9.87. The van der Waals surface area contributed by atoms with E-state index in [4.69, 9.17) is 0 Å². The number of anilines is 2. The first-order valence-corrected chi connectivity index (χ1v) is 7.82. The monoisotopic (exact) mass is 353 g/mol. The molecule has 0 bridgehead atoms. The van der Waals surface area contributed by atoms with E-state index in [1.165, 1.54) is 0 Å². The van der Waals surface area contributed by atoms with Crippen molar-refractivity contribution in [2.75, 3.05) is 10.6 Å². The molecule has 0 unspecified atom stereocenters. The van der Waals surface area contributed by atoms with Crippen molar-refractivity contribution in [3.8, 4) is 0 Å². The average Bonchev–Trinajstić information content (AvgIpc) is 2.62. The summed E-state index contributed by atoms with van der Waals surface area (Å²) in [4.78, 5) is 31.6. The fourth-order valence-corrected chi connectivity index (χ4v) is 2.26. The lowest BCUT2D eigenvalue weighted by molar-refractivity contribution is 0.262. The Morgan fingerprint density at radius 2 is 1.96 bits per heavy atom. The molecule has 1 aromatic carbocycles. The molecule has 26 heavy (non-hydrogen) atoms. The number of hydrogen-bond donors (Lipinski definition) is 2. The topological polar surface area (TPSA) is 88.9 Å². The minimum absolute atomic E-state index is 0.131. The molecule has 0 radical (unpaired) electrons. The highest BCUT2D eigenvalue weighted by atomic mass is 19.1. The van der Waals surface area contributed by atoms with Crippen molar-refractivity contribution < 1.29 is 9.18 Å². The van der Waals surface area contributed by atoms with Crippen molar-refractivity contribution >= 4 is 17.5 Å². The van der Waals surface area contributed by atoms with E-state index >= 15 is 0 Å². The Balaban J connectivity index is 1.72. The summed E-state index contributed by atoms with van der Waals surface area (Å²) < 4.78 is 15.3. The van der Waals surface area contributed by atoms with Gasteiger partial charge in [0, 0.05) is 24.3 Å². The predicted octanol–water partition coefficient (Wildman–Crippen LogP) is 2.78. The zero-order chi connectivity index (χ0) is 18.5. The summed E-state index contributed by atoms with van der Waals surface area (Å²) in [5, 5.41) is 4.79. The molecular weight excluding hydrogens is 337 g/mol. The summed E-state index contributed by atoms with van der Waals surface area (Å²) in [7, 11) is 0. The minimum Gasteiger partial charge on any atom is -0.308 e. The number of halogens is 1. The molecular formula is C18H16FN5O2. The van der Waals surface area contributed by atoms with E-state index in [0.717, 1.165) is 21.9 Å². The molecule has 2 amide bonds. The molecule has 0 aliphatic carbocycles. The van der Waals surface area contributed by atoms with Gasteiger partial charge < -0.3 is 5.32 Å². The Morgan fingerprint density at radius 1 is 1.19 bits per heavy atom. The van der Waals surface area contributed by atoms with Crippen molar-refractivity contribution in [3.05, 3.63) is 82.4 Å². The molecule has 0 spiro atoms. The van der Waals surface area contributed by atoms with Crippen LogP contribution in [0.3, 0.4) is 0 Å². The van der Waals surface area contributed by atoms with Gasteiger partial charge in [-0.1, -0.05) is 23.8 Å². The van der Waals surface area contributed by atoms with E-state index in [0.29, 0.717) is 5.69 Å². The number of carbonyl (C=O) groups excluding carboxylic acids is 1. The number of amides is 2. The largest absolute Gasteiger partial charge is 0.350 e. The Bertz CT molecular complexity index is 971. The van der Waals surface area contributed by atoms with Gasteiger partial charge in [0.25, 0.3) is 0 Å². The van der Waals surface area contributed by atoms with Crippen molar-refractivity contribution in [1.29, 1.82) is 0 Å². The van der Waals surface area contributed by atoms with Gasteiger partial charge in [0.1, 0.15) is 0 Å². The molecule has 0 saturated carbocycles. The second-order valence-corrected chi connectivity index (χ2v) is 5.65. The number of pyridine rings is 1. The first kappa shape index (κ1) is 17.3. The number of aromatic nitrogens is 3. The van der Waals surface area contributed by atoms with Crippen molar-refractivity contribution in [2.45, 2.75) is 13.5 Å². The number of nitrogens with zero attached hydrogens (tertiary/aromatic N) is 3.